The van der Waals surface area contributed by atoms with Crippen LogP contribution in [0.4, 0.5) is 0 Å². The minimum atomic E-state index is 0.510. The fourth-order valence-electron chi connectivity index (χ4n) is 1.37. The molecule has 78 valence electrons. The fraction of sp³-hybridized carbons (Fsp3) is 0.909. The summed E-state index contributed by atoms with van der Waals surface area (Å²) in [7, 11) is 0. The molecule has 0 atom stereocenters. The number of unbranched alkanes of at least 4 members (excludes halogenated alkanes) is 6. The van der Waals surface area contributed by atoms with Crippen LogP contribution in [0.15, 0.2) is 0 Å². The van der Waals surface area contributed by atoms with Crippen molar-refractivity contribution in [2.75, 3.05) is 13.1 Å². The van der Waals surface area contributed by atoms with E-state index >= 15 is 0 Å². The first-order chi connectivity index (χ1) is 6.41. The quantitative estimate of drug-likeness (QED) is 0.418. The van der Waals surface area contributed by atoms with Crippen LogP contribution in [0.1, 0.15) is 51.9 Å². The number of rotatable bonds is 10. The predicted octanol–water partition coefficient (Wildman–Crippen LogP) is 2.53. The number of hydrogen-bond acceptors (Lipinski definition) is 2. The number of carbonyl (C=O) groups is 1. The summed E-state index contributed by atoms with van der Waals surface area (Å²) < 4.78 is 0. The molecule has 0 aliphatic carbocycles. The van der Waals surface area contributed by atoms with Gasteiger partial charge >= 0.3 is 0 Å². The number of aldehydes is 1. The molecule has 0 aromatic carbocycles. The molecule has 2 heteroatoms. The number of carbonyl (C=O) groups excluding carboxylic acids is 1. The lowest BCUT2D eigenvalue weighted by Crippen LogP contribution is -2.17. The first-order valence-electron chi connectivity index (χ1n) is 5.56. The molecule has 0 amide bonds. The number of hydrogen-bond donors (Lipinski definition) is 1. The molecular weight excluding hydrogens is 162 g/mol. The van der Waals surface area contributed by atoms with E-state index in [4.69, 9.17) is 0 Å². The zero-order valence-electron chi connectivity index (χ0n) is 8.85. The molecule has 0 saturated carbocycles. The summed E-state index contributed by atoms with van der Waals surface area (Å²) in [4.78, 5) is 9.95. The third-order valence-corrected chi connectivity index (χ3v) is 2.18. The van der Waals surface area contributed by atoms with Gasteiger partial charge in [-0.1, -0.05) is 45.4 Å². The van der Waals surface area contributed by atoms with E-state index < -0.39 is 0 Å². The summed E-state index contributed by atoms with van der Waals surface area (Å²) in [6.45, 7) is 3.74. The van der Waals surface area contributed by atoms with Crippen LogP contribution < -0.4 is 5.32 Å². The van der Waals surface area contributed by atoms with Gasteiger partial charge in [-0.15, -0.1) is 0 Å². The molecule has 13 heavy (non-hydrogen) atoms. The zero-order chi connectivity index (χ0) is 9.78. The van der Waals surface area contributed by atoms with Crippen LogP contribution >= 0.6 is 0 Å². The fourth-order valence-corrected chi connectivity index (χ4v) is 1.37. The third-order valence-electron chi connectivity index (χ3n) is 2.18. The molecule has 1 N–H and O–H groups in total. The van der Waals surface area contributed by atoms with E-state index in [9.17, 15) is 4.79 Å². The Bertz CT molecular complexity index is 104. The minimum Gasteiger partial charge on any atom is -0.310 e. The highest BCUT2D eigenvalue weighted by atomic mass is 16.1. The summed E-state index contributed by atoms with van der Waals surface area (Å²) in [6, 6.07) is 0. The topological polar surface area (TPSA) is 29.1 Å². The Balaban J connectivity index is 2.79. The second-order valence-electron chi connectivity index (χ2n) is 3.49. The maximum Gasteiger partial charge on any atom is 0.133 e. The van der Waals surface area contributed by atoms with E-state index in [0.717, 1.165) is 12.8 Å². The maximum absolute atomic E-state index is 9.95. The van der Waals surface area contributed by atoms with Crippen LogP contribution in [0.3, 0.4) is 0 Å². The summed E-state index contributed by atoms with van der Waals surface area (Å²) in [5.41, 5.74) is 0. The van der Waals surface area contributed by atoms with Crippen molar-refractivity contribution in [2.45, 2.75) is 51.9 Å². The van der Waals surface area contributed by atoms with Crippen molar-refractivity contribution in [3.8, 4) is 0 Å². The molecule has 0 aromatic heterocycles. The van der Waals surface area contributed by atoms with Crippen molar-refractivity contribution >= 4 is 6.29 Å². The minimum absolute atomic E-state index is 0.510. The first-order valence-corrected chi connectivity index (χ1v) is 5.56. The lowest BCUT2D eigenvalue weighted by Gasteiger charge is -2.01. The van der Waals surface area contributed by atoms with Crippen LogP contribution in [0, 0.1) is 0 Å². The molecule has 0 aromatic rings. The van der Waals surface area contributed by atoms with Gasteiger partial charge in [0, 0.05) is 0 Å². The smallest absolute Gasteiger partial charge is 0.133 e. The van der Waals surface area contributed by atoms with Crippen molar-refractivity contribution in [3.05, 3.63) is 0 Å². The van der Waals surface area contributed by atoms with E-state index in [1.54, 1.807) is 0 Å². The van der Waals surface area contributed by atoms with E-state index in [1.807, 2.05) is 0 Å². The third kappa shape index (κ3) is 11.6. The van der Waals surface area contributed by atoms with Gasteiger partial charge in [0.25, 0.3) is 0 Å². The predicted molar refractivity (Wildman–Crippen MR) is 56.9 cm³/mol. The van der Waals surface area contributed by atoms with Gasteiger partial charge in [0.15, 0.2) is 0 Å². The second-order valence-corrected chi connectivity index (χ2v) is 3.49. The summed E-state index contributed by atoms with van der Waals surface area (Å²) in [6.07, 6.45) is 10.2. The van der Waals surface area contributed by atoms with Gasteiger partial charge in [-0.2, -0.15) is 0 Å². The van der Waals surface area contributed by atoms with Gasteiger partial charge in [-0.25, -0.2) is 0 Å². The van der Waals surface area contributed by atoms with Gasteiger partial charge in [0.05, 0.1) is 6.54 Å². The Hall–Kier alpha value is -0.370. The summed E-state index contributed by atoms with van der Waals surface area (Å²) >= 11 is 0. The van der Waals surface area contributed by atoms with Crippen molar-refractivity contribution in [1.82, 2.24) is 5.32 Å². The molecule has 0 saturated heterocycles. The summed E-state index contributed by atoms with van der Waals surface area (Å²) in [5, 5.41) is 3.07. The monoisotopic (exact) mass is 185 g/mol. The van der Waals surface area contributed by atoms with Gasteiger partial charge in [-0.3, -0.25) is 0 Å². The van der Waals surface area contributed by atoms with E-state index in [0.29, 0.717) is 6.54 Å². The molecular formula is C11H23NO. The van der Waals surface area contributed by atoms with Gasteiger partial charge in [0.2, 0.25) is 0 Å². The number of nitrogens with one attached hydrogen (secondary N) is 1. The van der Waals surface area contributed by atoms with Crippen molar-refractivity contribution < 1.29 is 4.79 Å². The molecule has 0 fully saturated rings. The van der Waals surface area contributed by atoms with Crippen LogP contribution in [0.5, 0.6) is 0 Å². The molecule has 0 radical (unpaired) electrons. The Labute approximate surface area is 82.1 Å². The van der Waals surface area contributed by atoms with E-state index in [-0.39, 0.29) is 0 Å². The molecule has 0 rings (SSSR count). The highest BCUT2D eigenvalue weighted by Gasteiger charge is 1.90. The van der Waals surface area contributed by atoms with E-state index in [2.05, 4.69) is 12.2 Å². The van der Waals surface area contributed by atoms with Gasteiger partial charge < -0.3 is 10.1 Å². The lowest BCUT2D eigenvalue weighted by molar-refractivity contribution is -0.107. The zero-order valence-corrected chi connectivity index (χ0v) is 8.85. The van der Waals surface area contributed by atoms with Crippen molar-refractivity contribution in [2.24, 2.45) is 0 Å². The second kappa shape index (κ2) is 11.6. The molecule has 0 unspecified atom stereocenters. The Morgan fingerprint density at radius 3 is 2.23 bits per heavy atom. The molecule has 0 heterocycles. The molecule has 0 aliphatic heterocycles. The first kappa shape index (κ1) is 12.6. The Morgan fingerprint density at radius 2 is 1.62 bits per heavy atom. The molecule has 0 bridgehead atoms. The maximum atomic E-state index is 9.95. The molecule has 2 nitrogen and oxygen atoms in total. The Kier molecular flexibility index (Phi) is 11.3. The lowest BCUT2D eigenvalue weighted by atomic mass is 10.1. The molecule has 0 spiro atoms. The highest BCUT2D eigenvalue weighted by molar-refractivity contribution is 5.51. The largest absolute Gasteiger partial charge is 0.310 e. The van der Waals surface area contributed by atoms with Crippen molar-refractivity contribution in [1.29, 1.82) is 0 Å². The van der Waals surface area contributed by atoms with Crippen LogP contribution in [-0.4, -0.2) is 19.4 Å². The normalized spacial score (nSPS) is 10.2. The summed E-state index contributed by atoms with van der Waals surface area (Å²) in [5.74, 6) is 0. The Morgan fingerprint density at radius 1 is 1.00 bits per heavy atom. The van der Waals surface area contributed by atoms with Crippen LogP contribution in [0.25, 0.3) is 0 Å². The molecule has 0 aliphatic rings. The van der Waals surface area contributed by atoms with Crippen LogP contribution in [-0.2, 0) is 4.79 Å². The average Bonchev–Trinajstić information content (AvgIpc) is 2.16. The average molecular weight is 185 g/mol. The standard InChI is InChI=1S/C11H23NO/c1-2-3-4-5-6-7-8-9-12-10-11-13/h11-12H,2-10H2,1H3. The van der Waals surface area contributed by atoms with Gasteiger partial charge in [0.1, 0.15) is 6.29 Å². The van der Waals surface area contributed by atoms with Crippen LogP contribution in [0.2, 0.25) is 0 Å². The van der Waals surface area contributed by atoms with Crippen molar-refractivity contribution in [3.63, 3.8) is 0 Å². The van der Waals surface area contributed by atoms with Gasteiger partial charge in [-0.05, 0) is 13.0 Å². The highest BCUT2D eigenvalue weighted by Crippen LogP contribution is 2.05. The SMILES string of the molecule is CCCCCCCCCNCC=O. The van der Waals surface area contributed by atoms with E-state index in [1.165, 1.54) is 44.9 Å².